The molecule has 0 bridgehead atoms. The average molecular weight is 268 g/mol. The SMILES string of the molecule is CCc1ccc(-c2occc2P(=O)(O)O)nc1N. The van der Waals surface area contributed by atoms with E-state index in [0.29, 0.717) is 11.5 Å². The number of rotatable bonds is 3. The summed E-state index contributed by atoms with van der Waals surface area (Å²) >= 11 is 0. The number of nitrogens with zero attached hydrogens (tertiary/aromatic N) is 1. The first-order chi connectivity index (χ1) is 8.43. The molecule has 0 aliphatic carbocycles. The van der Waals surface area contributed by atoms with Crippen LogP contribution in [0.4, 0.5) is 5.82 Å². The lowest BCUT2D eigenvalue weighted by atomic mass is 10.2. The van der Waals surface area contributed by atoms with Crippen LogP contribution in [-0.4, -0.2) is 14.8 Å². The predicted octanol–water partition coefficient (Wildman–Crippen LogP) is 1.29. The molecule has 0 unspecified atom stereocenters. The third kappa shape index (κ3) is 2.31. The van der Waals surface area contributed by atoms with E-state index >= 15 is 0 Å². The second kappa shape index (κ2) is 4.57. The molecular formula is C11H13N2O4P. The number of hydrogen-bond acceptors (Lipinski definition) is 4. The van der Waals surface area contributed by atoms with Crippen LogP contribution in [0.1, 0.15) is 12.5 Å². The number of pyridine rings is 1. The van der Waals surface area contributed by atoms with Gasteiger partial charge in [-0.2, -0.15) is 0 Å². The number of nitrogen functional groups attached to an aromatic ring is 1. The van der Waals surface area contributed by atoms with Crippen LogP contribution in [0.25, 0.3) is 11.5 Å². The van der Waals surface area contributed by atoms with E-state index in [1.165, 1.54) is 12.3 Å². The van der Waals surface area contributed by atoms with Crippen molar-refractivity contribution in [3.8, 4) is 11.5 Å². The maximum Gasteiger partial charge on any atom is 0.360 e. The number of nitrogens with two attached hydrogens (primary N) is 1. The van der Waals surface area contributed by atoms with Gasteiger partial charge in [-0.05, 0) is 24.1 Å². The minimum absolute atomic E-state index is 0.0534. The van der Waals surface area contributed by atoms with Gasteiger partial charge in [0.25, 0.3) is 0 Å². The molecule has 0 saturated heterocycles. The van der Waals surface area contributed by atoms with E-state index in [1.807, 2.05) is 6.92 Å². The fraction of sp³-hybridized carbons (Fsp3) is 0.182. The highest BCUT2D eigenvalue weighted by atomic mass is 31.2. The molecule has 0 fully saturated rings. The summed E-state index contributed by atoms with van der Waals surface area (Å²) in [6.07, 6.45) is 1.96. The van der Waals surface area contributed by atoms with Crippen LogP contribution >= 0.6 is 7.60 Å². The molecule has 96 valence electrons. The molecule has 0 radical (unpaired) electrons. The molecule has 0 atom stereocenters. The van der Waals surface area contributed by atoms with E-state index in [0.717, 1.165) is 12.0 Å². The number of aryl methyl sites for hydroxylation is 1. The smallest absolute Gasteiger partial charge is 0.360 e. The number of furan rings is 1. The molecule has 0 spiro atoms. The summed E-state index contributed by atoms with van der Waals surface area (Å²) in [4.78, 5) is 22.5. The highest BCUT2D eigenvalue weighted by Gasteiger charge is 2.25. The third-order valence-corrected chi connectivity index (χ3v) is 3.56. The van der Waals surface area contributed by atoms with E-state index in [9.17, 15) is 14.4 Å². The second-order valence-corrected chi connectivity index (χ2v) is 5.34. The molecule has 18 heavy (non-hydrogen) atoms. The number of anilines is 1. The lowest BCUT2D eigenvalue weighted by Crippen LogP contribution is -2.06. The van der Waals surface area contributed by atoms with Crippen LogP contribution in [0.3, 0.4) is 0 Å². The van der Waals surface area contributed by atoms with Gasteiger partial charge in [0.05, 0.1) is 6.26 Å². The van der Waals surface area contributed by atoms with Crippen molar-refractivity contribution in [2.75, 3.05) is 5.73 Å². The fourth-order valence-electron chi connectivity index (χ4n) is 1.65. The Hall–Kier alpha value is -1.62. The molecular weight excluding hydrogens is 255 g/mol. The zero-order valence-electron chi connectivity index (χ0n) is 9.70. The summed E-state index contributed by atoms with van der Waals surface area (Å²) in [7, 11) is -4.38. The summed E-state index contributed by atoms with van der Waals surface area (Å²) in [6, 6.07) is 4.64. The van der Waals surface area contributed by atoms with E-state index in [2.05, 4.69) is 4.98 Å². The molecule has 0 aromatic carbocycles. The van der Waals surface area contributed by atoms with Gasteiger partial charge in [0.1, 0.15) is 16.8 Å². The van der Waals surface area contributed by atoms with Crippen molar-refractivity contribution < 1.29 is 18.8 Å². The minimum atomic E-state index is -4.38. The molecule has 0 saturated carbocycles. The Balaban J connectivity index is 2.53. The lowest BCUT2D eigenvalue weighted by Gasteiger charge is -2.06. The summed E-state index contributed by atoms with van der Waals surface area (Å²) in [5.74, 6) is 0.390. The van der Waals surface area contributed by atoms with E-state index in [4.69, 9.17) is 10.2 Å². The summed E-state index contributed by atoms with van der Waals surface area (Å²) < 4.78 is 16.4. The van der Waals surface area contributed by atoms with Crippen molar-refractivity contribution in [1.82, 2.24) is 4.98 Å². The first kappa shape index (κ1) is 12.8. The van der Waals surface area contributed by atoms with Gasteiger partial charge in [-0.3, -0.25) is 4.57 Å². The minimum Gasteiger partial charge on any atom is -0.462 e. The van der Waals surface area contributed by atoms with E-state index in [-0.39, 0.29) is 11.1 Å². The highest BCUT2D eigenvalue weighted by Crippen LogP contribution is 2.38. The van der Waals surface area contributed by atoms with Gasteiger partial charge in [0.2, 0.25) is 0 Å². The first-order valence-corrected chi connectivity index (χ1v) is 6.94. The van der Waals surface area contributed by atoms with Gasteiger partial charge >= 0.3 is 7.60 Å². The molecule has 4 N–H and O–H groups in total. The topological polar surface area (TPSA) is 110 Å². The molecule has 2 heterocycles. The molecule has 2 aromatic rings. The normalized spacial score (nSPS) is 11.7. The molecule has 2 rings (SSSR count). The van der Waals surface area contributed by atoms with Gasteiger partial charge in [-0.15, -0.1) is 0 Å². The molecule has 0 aliphatic heterocycles. The van der Waals surface area contributed by atoms with Crippen molar-refractivity contribution in [3.05, 3.63) is 30.0 Å². The van der Waals surface area contributed by atoms with Gasteiger partial charge in [-0.1, -0.05) is 13.0 Å². The molecule has 0 amide bonds. The van der Waals surface area contributed by atoms with Crippen LogP contribution in [-0.2, 0) is 11.0 Å². The van der Waals surface area contributed by atoms with Crippen molar-refractivity contribution in [1.29, 1.82) is 0 Å². The Morgan fingerprint density at radius 2 is 2.11 bits per heavy atom. The van der Waals surface area contributed by atoms with Crippen molar-refractivity contribution in [2.24, 2.45) is 0 Å². The third-order valence-electron chi connectivity index (χ3n) is 2.58. The van der Waals surface area contributed by atoms with Crippen LogP contribution in [0, 0.1) is 0 Å². The maximum absolute atomic E-state index is 11.3. The second-order valence-electron chi connectivity index (χ2n) is 3.77. The summed E-state index contributed by atoms with van der Waals surface area (Å²) in [5.41, 5.74) is 6.94. The van der Waals surface area contributed by atoms with Crippen LogP contribution in [0.15, 0.2) is 28.9 Å². The average Bonchev–Trinajstić information content (AvgIpc) is 2.77. The van der Waals surface area contributed by atoms with E-state index < -0.39 is 7.60 Å². The monoisotopic (exact) mass is 268 g/mol. The van der Waals surface area contributed by atoms with Gasteiger partial charge < -0.3 is 19.9 Å². The Morgan fingerprint density at radius 1 is 1.39 bits per heavy atom. The first-order valence-electron chi connectivity index (χ1n) is 5.33. The van der Waals surface area contributed by atoms with Gasteiger partial charge in [-0.25, -0.2) is 4.98 Å². The lowest BCUT2D eigenvalue weighted by molar-refractivity contribution is 0.387. The quantitative estimate of drug-likeness (QED) is 0.723. The Labute approximate surface area is 104 Å². The Bertz CT molecular complexity index is 617. The van der Waals surface area contributed by atoms with Crippen LogP contribution in [0.5, 0.6) is 0 Å². The van der Waals surface area contributed by atoms with Gasteiger partial charge in [0.15, 0.2) is 5.76 Å². The maximum atomic E-state index is 11.3. The van der Waals surface area contributed by atoms with Crippen LogP contribution < -0.4 is 11.0 Å². The number of hydrogen-bond donors (Lipinski definition) is 3. The summed E-state index contributed by atoms with van der Waals surface area (Å²) in [5, 5.41) is -0.182. The van der Waals surface area contributed by atoms with Crippen molar-refractivity contribution in [2.45, 2.75) is 13.3 Å². The molecule has 2 aromatic heterocycles. The van der Waals surface area contributed by atoms with E-state index in [1.54, 1.807) is 12.1 Å². The zero-order chi connectivity index (χ0) is 13.3. The molecule has 7 heteroatoms. The molecule has 0 aliphatic rings. The Kier molecular flexibility index (Phi) is 3.26. The van der Waals surface area contributed by atoms with Crippen molar-refractivity contribution in [3.63, 3.8) is 0 Å². The predicted molar refractivity (Wildman–Crippen MR) is 67.4 cm³/mol. The van der Waals surface area contributed by atoms with Crippen LogP contribution in [0.2, 0.25) is 0 Å². The van der Waals surface area contributed by atoms with Gasteiger partial charge in [0, 0.05) is 0 Å². The largest absolute Gasteiger partial charge is 0.462 e. The number of aromatic nitrogens is 1. The fourth-order valence-corrected chi connectivity index (χ4v) is 2.34. The standard InChI is InChI=1S/C11H13N2O4P/c1-2-7-3-4-8(13-11(7)12)10-9(5-6-17-10)18(14,15)16/h3-6H,2H2,1H3,(H2,12,13)(H2,14,15,16). The van der Waals surface area contributed by atoms with Crippen molar-refractivity contribution >= 4 is 18.7 Å². The summed E-state index contributed by atoms with van der Waals surface area (Å²) in [6.45, 7) is 1.95. The molecule has 6 nitrogen and oxygen atoms in total. The Morgan fingerprint density at radius 3 is 2.67 bits per heavy atom. The zero-order valence-corrected chi connectivity index (χ0v) is 10.6. The highest BCUT2D eigenvalue weighted by molar-refractivity contribution is 7.60.